The number of hydrogen-bond donors (Lipinski definition) is 1. The molecule has 1 unspecified atom stereocenters. The van der Waals surface area contributed by atoms with E-state index in [1.165, 1.54) is 18.2 Å². The van der Waals surface area contributed by atoms with Crippen LogP contribution in [0.15, 0.2) is 24.4 Å². The van der Waals surface area contributed by atoms with Crippen LogP contribution in [0, 0.1) is 5.82 Å². The number of aromatic nitrogens is 1. The van der Waals surface area contributed by atoms with Crippen molar-refractivity contribution in [1.29, 1.82) is 0 Å². The zero-order valence-corrected chi connectivity index (χ0v) is 10.6. The van der Waals surface area contributed by atoms with Gasteiger partial charge in [0.1, 0.15) is 5.82 Å². The van der Waals surface area contributed by atoms with Crippen molar-refractivity contribution in [3.8, 4) is 10.4 Å². The number of hydrogen-bond acceptors (Lipinski definition) is 3. The summed E-state index contributed by atoms with van der Waals surface area (Å²) in [4.78, 5) is 3.57. The number of nitrogens with zero attached hydrogens (tertiary/aromatic N) is 1. The van der Waals surface area contributed by atoms with Gasteiger partial charge in [-0.1, -0.05) is 6.07 Å². The van der Waals surface area contributed by atoms with Gasteiger partial charge < -0.3 is 5.73 Å². The monoisotopic (exact) mass is 290 g/mol. The van der Waals surface area contributed by atoms with Crippen LogP contribution in [-0.2, 0) is 6.18 Å². The zero-order valence-electron chi connectivity index (χ0n) is 9.83. The molecular weight excluding hydrogens is 280 g/mol. The molecule has 0 fully saturated rings. The van der Waals surface area contributed by atoms with Crippen LogP contribution in [0.2, 0.25) is 0 Å². The summed E-state index contributed by atoms with van der Waals surface area (Å²) >= 11 is 0.475. The first-order valence-corrected chi connectivity index (χ1v) is 6.19. The van der Waals surface area contributed by atoms with Gasteiger partial charge in [-0.25, -0.2) is 9.37 Å². The van der Waals surface area contributed by atoms with E-state index in [2.05, 4.69) is 4.98 Å². The fourth-order valence-corrected chi connectivity index (χ4v) is 2.49. The summed E-state index contributed by atoms with van der Waals surface area (Å²) in [5.41, 5.74) is 6.67. The van der Waals surface area contributed by atoms with Gasteiger partial charge in [0.15, 0.2) is 5.01 Å². The Morgan fingerprint density at radius 2 is 2.00 bits per heavy atom. The highest BCUT2D eigenvalue weighted by molar-refractivity contribution is 7.15. The number of rotatable bonds is 2. The molecular formula is C12H10F4N2S. The molecule has 1 aromatic carbocycles. The molecule has 0 amide bonds. The van der Waals surface area contributed by atoms with Crippen molar-refractivity contribution in [2.45, 2.75) is 19.1 Å². The third-order valence-corrected chi connectivity index (χ3v) is 3.60. The Morgan fingerprint density at radius 1 is 1.32 bits per heavy atom. The zero-order chi connectivity index (χ0) is 14.2. The average molecular weight is 290 g/mol. The lowest BCUT2D eigenvalue weighted by molar-refractivity contribution is -0.137. The summed E-state index contributed by atoms with van der Waals surface area (Å²) < 4.78 is 50.8. The number of alkyl halides is 3. The topological polar surface area (TPSA) is 38.9 Å². The van der Waals surface area contributed by atoms with Gasteiger partial charge >= 0.3 is 6.18 Å². The molecule has 0 spiro atoms. The van der Waals surface area contributed by atoms with Crippen LogP contribution in [0.25, 0.3) is 10.4 Å². The fraction of sp³-hybridized carbons (Fsp3) is 0.250. The predicted octanol–water partition coefficient (Wildman–Crippen LogP) is 3.99. The second kappa shape index (κ2) is 4.90. The van der Waals surface area contributed by atoms with Crippen LogP contribution >= 0.6 is 11.3 Å². The van der Waals surface area contributed by atoms with Crippen LogP contribution in [0.1, 0.15) is 23.5 Å². The van der Waals surface area contributed by atoms with Gasteiger partial charge in [-0.05, 0) is 24.6 Å². The Morgan fingerprint density at radius 3 is 2.53 bits per heavy atom. The number of halogens is 4. The van der Waals surface area contributed by atoms with Crippen LogP contribution in [0.3, 0.4) is 0 Å². The first-order chi connectivity index (χ1) is 8.79. The summed E-state index contributed by atoms with van der Waals surface area (Å²) in [6, 6.07) is 3.47. The molecule has 0 saturated carbocycles. The third kappa shape index (κ3) is 2.93. The van der Waals surface area contributed by atoms with Gasteiger partial charge in [0.05, 0.1) is 4.88 Å². The normalized spacial score (nSPS) is 13.6. The van der Waals surface area contributed by atoms with Crippen LogP contribution in [-0.4, -0.2) is 4.98 Å². The van der Waals surface area contributed by atoms with Crippen molar-refractivity contribution in [3.05, 3.63) is 40.8 Å². The molecule has 0 aliphatic rings. The quantitative estimate of drug-likeness (QED) is 0.849. The van der Waals surface area contributed by atoms with Crippen molar-refractivity contribution in [3.63, 3.8) is 0 Å². The van der Waals surface area contributed by atoms with E-state index >= 15 is 0 Å². The van der Waals surface area contributed by atoms with E-state index in [0.717, 1.165) is 6.20 Å². The molecule has 2 rings (SSSR count). The van der Waals surface area contributed by atoms with E-state index in [4.69, 9.17) is 5.73 Å². The third-order valence-electron chi connectivity index (χ3n) is 2.52. The van der Waals surface area contributed by atoms with Gasteiger partial charge in [0, 0.05) is 17.8 Å². The lowest BCUT2D eigenvalue weighted by atomic mass is 10.0. The van der Waals surface area contributed by atoms with E-state index in [1.54, 1.807) is 6.92 Å². The second-order valence-corrected chi connectivity index (χ2v) is 5.08. The Kier molecular flexibility index (Phi) is 3.60. The van der Waals surface area contributed by atoms with Gasteiger partial charge in [0.2, 0.25) is 0 Å². The largest absolute Gasteiger partial charge is 0.443 e. The first kappa shape index (κ1) is 14.0. The molecule has 19 heavy (non-hydrogen) atoms. The maximum atomic E-state index is 13.3. The summed E-state index contributed by atoms with van der Waals surface area (Å²) in [7, 11) is 0. The molecule has 2 N–H and O–H groups in total. The smallest absolute Gasteiger partial charge is 0.324 e. The van der Waals surface area contributed by atoms with Gasteiger partial charge in [-0.15, -0.1) is 11.3 Å². The molecule has 0 aliphatic carbocycles. The Labute approximate surface area is 110 Å². The summed E-state index contributed by atoms with van der Waals surface area (Å²) in [5, 5.41) is -0.956. The highest BCUT2D eigenvalue weighted by atomic mass is 32.1. The Bertz CT molecular complexity index is 590. The summed E-state index contributed by atoms with van der Waals surface area (Å²) in [6.45, 7) is 1.68. The predicted molar refractivity (Wildman–Crippen MR) is 65.1 cm³/mol. The minimum absolute atomic E-state index is 0.249. The Hall–Kier alpha value is -1.47. The molecule has 1 heterocycles. The number of thiazole rings is 1. The molecule has 0 radical (unpaired) electrons. The van der Waals surface area contributed by atoms with Gasteiger partial charge in [-0.2, -0.15) is 13.2 Å². The standard InChI is InChI=1S/C12H10F4N2S/c1-6(17)8-3-2-7(13)4-9(8)10-5-18-11(19-10)12(14,15)16/h2-6H,17H2,1H3. The van der Waals surface area contributed by atoms with Crippen molar-refractivity contribution >= 4 is 11.3 Å². The Balaban J connectivity index is 2.52. The van der Waals surface area contributed by atoms with Crippen LogP contribution < -0.4 is 5.73 Å². The molecule has 0 saturated heterocycles. The fourth-order valence-electron chi connectivity index (χ4n) is 1.67. The SMILES string of the molecule is CC(N)c1ccc(F)cc1-c1cnc(C(F)(F)F)s1. The van der Waals surface area contributed by atoms with Crippen molar-refractivity contribution in [1.82, 2.24) is 4.98 Å². The molecule has 0 bridgehead atoms. The molecule has 0 aliphatic heterocycles. The number of benzene rings is 1. The van der Waals surface area contributed by atoms with Crippen molar-refractivity contribution in [2.75, 3.05) is 0 Å². The van der Waals surface area contributed by atoms with Crippen LogP contribution in [0.5, 0.6) is 0 Å². The first-order valence-electron chi connectivity index (χ1n) is 5.37. The summed E-state index contributed by atoms with van der Waals surface area (Å²) in [5.74, 6) is -0.527. The van der Waals surface area contributed by atoms with Crippen molar-refractivity contribution in [2.24, 2.45) is 5.73 Å². The van der Waals surface area contributed by atoms with E-state index in [0.29, 0.717) is 22.5 Å². The maximum absolute atomic E-state index is 13.3. The number of nitrogens with two attached hydrogens (primary N) is 1. The minimum Gasteiger partial charge on any atom is -0.324 e. The molecule has 2 nitrogen and oxygen atoms in total. The molecule has 1 atom stereocenters. The molecule has 2 aromatic rings. The van der Waals surface area contributed by atoms with E-state index < -0.39 is 23.0 Å². The second-order valence-electron chi connectivity index (χ2n) is 4.05. The molecule has 7 heteroatoms. The molecule has 1 aromatic heterocycles. The lowest BCUT2D eigenvalue weighted by Gasteiger charge is -2.11. The lowest BCUT2D eigenvalue weighted by Crippen LogP contribution is -2.06. The van der Waals surface area contributed by atoms with Gasteiger partial charge in [-0.3, -0.25) is 0 Å². The van der Waals surface area contributed by atoms with Crippen molar-refractivity contribution < 1.29 is 17.6 Å². The molecule has 102 valence electrons. The maximum Gasteiger partial charge on any atom is 0.443 e. The highest BCUT2D eigenvalue weighted by Crippen LogP contribution is 2.38. The van der Waals surface area contributed by atoms with E-state index in [9.17, 15) is 17.6 Å². The average Bonchev–Trinajstić information content (AvgIpc) is 2.77. The minimum atomic E-state index is -4.50. The summed E-state index contributed by atoms with van der Waals surface area (Å²) in [6.07, 6.45) is -3.40. The highest BCUT2D eigenvalue weighted by Gasteiger charge is 2.34. The van der Waals surface area contributed by atoms with E-state index in [-0.39, 0.29) is 4.88 Å². The van der Waals surface area contributed by atoms with Gasteiger partial charge in [0.25, 0.3) is 0 Å². The van der Waals surface area contributed by atoms with Crippen LogP contribution in [0.4, 0.5) is 17.6 Å². The van der Waals surface area contributed by atoms with E-state index in [1.807, 2.05) is 0 Å².